The highest BCUT2D eigenvalue weighted by molar-refractivity contribution is 5.04. The fourth-order valence-electron chi connectivity index (χ4n) is 1.84. The van der Waals surface area contributed by atoms with Gasteiger partial charge in [0.05, 0.1) is 0 Å². The molecule has 0 amide bonds. The topological polar surface area (TPSA) is 26.0 Å². The summed E-state index contributed by atoms with van der Waals surface area (Å²) in [7, 11) is 0. The van der Waals surface area contributed by atoms with E-state index in [0.29, 0.717) is 23.3 Å². The van der Waals surface area contributed by atoms with Gasteiger partial charge in [-0.3, -0.25) is 0 Å². The van der Waals surface area contributed by atoms with Crippen LogP contribution in [-0.4, -0.2) is 6.04 Å². The van der Waals surface area contributed by atoms with Crippen molar-refractivity contribution in [2.45, 2.75) is 40.2 Å². The summed E-state index contributed by atoms with van der Waals surface area (Å²) in [5, 5.41) is 0. The summed E-state index contributed by atoms with van der Waals surface area (Å²) in [6.07, 6.45) is 5.74. The van der Waals surface area contributed by atoms with Gasteiger partial charge >= 0.3 is 0 Å². The summed E-state index contributed by atoms with van der Waals surface area (Å²) in [6, 6.07) is 0.352. The maximum atomic E-state index is 6.10. The molecule has 0 fully saturated rings. The Morgan fingerprint density at radius 3 is 2.50 bits per heavy atom. The molecule has 2 N–H and O–H groups in total. The van der Waals surface area contributed by atoms with Gasteiger partial charge in [-0.05, 0) is 23.7 Å². The summed E-state index contributed by atoms with van der Waals surface area (Å²) in [5.74, 6) is 1.24. The van der Waals surface area contributed by atoms with Gasteiger partial charge in [-0.1, -0.05) is 39.8 Å². The molecule has 0 aromatic rings. The predicted molar refractivity (Wildman–Crippen MR) is 53.8 cm³/mol. The van der Waals surface area contributed by atoms with Crippen LogP contribution in [-0.2, 0) is 0 Å². The molecule has 1 rings (SSSR count). The van der Waals surface area contributed by atoms with E-state index in [4.69, 9.17) is 5.73 Å². The van der Waals surface area contributed by atoms with Gasteiger partial charge in [0.15, 0.2) is 0 Å². The number of hydrogen-bond donors (Lipinski definition) is 1. The Morgan fingerprint density at radius 1 is 1.33 bits per heavy atom. The third-order valence-corrected chi connectivity index (χ3v) is 3.12. The Bertz CT molecular complexity index is 181. The zero-order valence-corrected chi connectivity index (χ0v) is 8.67. The van der Waals surface area contributed by atoms with Crippen LogP contribution in [0.15, 0.2) is 12.2 Å². The largest absolute Gasteiger partial charge is 0.327 e. The number of hydrogen-bond acceptors (Lipinski definition) is 1. The molecule has 1 aliphatic rings. The van der Waals surface area contributed by atoms with Crippen molar-refractivity contribution in [2.75, 3.05) is 0 Å². The molecule has 70 valence electrons. The molecule has 0 aliphatic heterocycles. The SMILES string of the molecule is CC1C=CC(C)(C)CC(N)[C@H]1C. The van der Waals surface area contributed by atoms with Crippen LogP contribution in [0.25, 0.3) is 0 Å². The van der Waals surface area contributed by atoms with Crippen molar-refractivity contribution in [1.82, 2.24) is 0 Å². The van der Waals surface area contributed by atoms with Crippen molar-refractivity contribution in [3.63, 3.8) is 0 Å². The Morgan fingerprint density at radius 2 is 1.92 bits per heavy atom. The normalized spacial score (nSPS) is 40.9. The van der Waals surface area contributed by atoms with Crippen molar-refractivity contribution in [3.05, 3.63) is 12.2 Å². The molecule has 0 heterocycles. The van der Waals surface area contributed by atoms with Crippen molar-refractivity contribution < 1.29 is 0 Å². The van der Waals surface area contributed by atoms with E-state index in [2.05, 4.69) is 39.8 Å². The lowest BCUT2D eigenvalue weighted by molar-refractivity contribution is 0.309. The second-order valence-corrected chi connectivity index (χ2v) is 4.93. The van der Waals surface area contributed by atoms with E-state index in [0.717, 1.165) is 6.42 Å². The molecule has 2 unspecified atom stereocenters. The minimum atomic E-state index is 0.290. The molecule has 0 bridgehead atoms. The summed E-state index contributed by atoms with van der Waals surface area (Å²) < 4.78 is 0. The molecule has 0 aromatic heterocycles. The smallest absolute Gasteiger partial charge is 0.00781 e. The maximum Gasteiger partial charge on any atom is 0.00781 e. The molecule has 0 aromatic carbocycles. The molecule has 0 saturated carbocycles. The lowest BCUT2D eigenvalue weighted by atomic mass is 9.83. The minimum absolute atomic E-state index is 0.290. The third-order valence-electron chi connectivity index (χ3n) is 3.12. The van der Waals surface area contributed by atoms with Crippen LogP contribution < -0.4 is 5.73 Å². The Balaban J connectivity index is 2.79. The van der Waals surface area contributed by atoms with Gasteiger partial charge < -0.3 is 5.73 Å². The summed E-state index contributed by atoms with van der Waals surface area (Å²) >= 11 is 0. The fourth-order valence-corrected chi connectivity index (χ4v) is 1.84. The Labute approximate surface area is 76.0 Å². The average Bonchev–Trinajstić information content (AvgIpc) is 2.03. The molecule has 1 aliphatic carbocycles. The minimum Gasteiger partial charge on any atom is -0.327 e. The Kier molecular flexibility index (Phi) is 2.62. The second kappa shape index (κ2) is 3.21. The highest BCUT2D eigenvalue weighted by Crippen LogP contribution is 2.32. The number of allylic oxidation sites excluding steroid dienone is 2. The molecule has 0 spiro atoms. The van der Waals surface area contributed by atoms with Gasteiger partial charge in [0.1, 0.15) is 0 Å². The quantitative estimate of drug-likeness (QED) is 0.551. The molecular weight excluding hydrogens is 146 g/mol. The van der Waals surface area contributed by atoms with Crippen molar-refractivity contribution in [3.8, 4) is 0 Å². The molecule has 0 saturated heterocycles. The zero-order chi connectivity index (χ0) is 9.35. The van der Waals surface area contributed by atoms with Gasteiger partial charge in [0.2, 0.25) is 0 Å². The van der Waals surface area contributed by atoms with Crippen molar-refractivity contribution in [1.29, 1.82) is 0 Å². The third kappa shape index (κ3) is 2.10. The van der Waals surface area contributed by atoms with Gasteiger partial charge in [0, 0.05) is 6.04 Å². The number of nitrogens with two attached hydrogens (primary N) is 1. The monoisotopic (exact) mass is 167 g/mol. The molecule has 3 atom stereocenters. The molecule has 1 heteroatoms. The summed E-state index contributed by atoms with van der Waals surface area (Å²) in [4.78, 5) is 0. The number of rotatable bonds is 0. The van der Waals surface area contributed by atoms with E-state index in [9.17, 15) is 0 Å². The highest BCUT2D eigenvalue weighted by atomic mass is 14.7. The lowest BCUT2D eigenvalue weighted by Gasteiger charge is -2.26. The fraction of sp³-hybridized carbons (Fsp3) is 0.818. The van der Waals surface area contributed by atoms with Crippen LogP contribution in [0.2, 0.25) is 0 Å². The Hall–Kier alpha value is -0.300. The first-order chi connectivity index (χ1) is 5.42. The lowest BCUT2D eigenvalue weighted by Crippen LogP contribution is -2.33. The van der Waals surface area contributed by atoms with Crippen LogP contribution in [0.4, 0.5) is 0 Å². The molecular formula is C11H21N. The van der Waals surface area contributed by atoms with Crippen LogP contribution in [0.5, 0.6) is 0 Å². The molecule has 1 nitrogen and oxygen atoms in total. The van der Waals surface area contributed by atoms with Crippen molar-refractivity contribution in [2.24, 2.45) is 23.0 Å². The van der Waals surface area contributed by atoms with Crippen LogP contribution in [0.1, 0.15) is 34.1 Å². The zero-order valence-electron chi connectivity index (χ0n) is 8.67. The first kappa shape index (κ1) is 9.79. The van der Waals surface area contributed by atoms with Crippen LogP contribution >= 0.6 is 0 Å². The highest BCUT2D eigenvalue weighted by Gasteiger charge is 2.27. The van der Waals surface area contributed by atoms with Gasteiger partial charge in [0.25, 0.3) is 0 Å². The van der Waals surface area contributed by atoms with Crippen LogP contribution in [0, 0.1) is 17.3 Å². The van der Waals surface area contributed by atoms with Gasteiger partial charge in [-0.25, -0.2) is 0 Å². The molecule has 12 heavy (non-hydrogen) atoms. The van der Waals surface area contributed by atoms with E-state index in [-0.39, 0.29) is 0 Å². The van der Waals surface area contributed by atoms with E-state index in [1.807, 2.05) is 0 Å². The van der Waals surface area contributed by atoms with E-state index < -0.39 is 0 Å². The maximum absolute atomic E-state index is 6.10. The van der Waals surface area contributed by atoms with Gasteiger partial charge in [-0.2, -0.15) is 0 Å². The summed E-state index contributed by atoms with van der Waals surface area (Å²) in [5.41, 5.74) is 6.39. The average molecular weight is 167 g/mol. The van der Waals surface area contributed by atoms with E-state index in [1.54, 1.807) is 0 Å². The predicted octanol–water partition coefficient (Wildman–Crippen LogP) is 2.57. The first-order valence-corrected chi connectivity index (χ1v) is 4.87. The summed E-state index contributed by atoms with van der Waals surface area (Å²) in [6.45, 7) is 9.02. The second-order valence-electron chi connectivity index (χ2n) is 4.93. The van der Waals surface area contributed by atoms with Crippen molar-refractivity contribution >= 4 is 0 Å². The van der Waals surface area contributed by atoms with Crippen LogP contribution in [0.3, 0.4) is 0 Å². The van der Waals surface area contributed by atoms with E-state index in [1.165, 1.54) is 0 Å². The van der Waals surface area contributed by atoms with E-state index >= 15 is 0 Å². The molecule has 0 radical (unpaired) electrons. The first-order valence-electron chi connectivity index (χ1n) is 4.87. The van der Waals surface area contributed by atoms with Gasteiger partial charge in [-0.15, -0.1) is 0 Å². The standard InChI is InChI=1S/C11H21N/c1-8-5-6-11(3,4)7-10(12)9(8)2/h5-6,8-10H,7,12H2,1-4H3/t8?,9-,10?/m0/s1.